The highest BCUT2D eigenvalue weighted by Crippen LogP contribution is 2.10. The molecule has 0 aliphatic rings. The second-order valence-electron chi connectivity index (χ2n) is 2.87. The molecule has 0 radical (unpaired) electrons. The number of hydrogen-bond acceptors (Lipinski definition) is 3. The lowest BCUT2D eigenvalue weighted by Gasteiger charge is -2.10. The van der Waals surface area contributed by atoms with Gasteiger partial charge >= 0.3 is 0 Å². The Morgan fingerprint density at radius 1 is 1.62 bits per heavy atom. The van der Waals surface area contributed by atoms with Crippen molar-refractivity contribution in [2.45, 2.75) is 13.0 Å². The summed E-state index contributed by atoms with van der Waals surface area (Å²) in [7, 11) is 1.57. The molecular weight excluding hydrogens is 171 g/mol. The van der Waals surface area contributed by atoms with Crippen molar-refractivity contribution in [1.29, 1.82) is 0 Å². The van der Waals surface area contributed by atoms with E-state index in [9.17, 15) is 4.39 Å². The third kappa shape index (κ3) is 2.47. The summed E-state index contributed by atoms with van der Waals surface area (Å²) in [5, 5.41) is 0. The van der Waals surface area contributed by atoms with E-state index in [2.05, 4.69) is 4.98 Å². The number of halogens is 1. The Bertz CT molecular complexity index is 291. The highest BCUT2D eigenvalue weighted by Gasteiger charge is 2.08. The van der Waals surface area contributed by atoms with Crippen molar-refractivity contribution in [2.75, 3.05) is 13.7 Å². The fourth-order valence-corrected chi connectivity index (χ4v) is 1.03. The molecule has 4 heteroatoms. The van der Waals surface area contributed by atoms with Crippen molar-refractivity contribution in [1.82, 2.24) is 4.98 Å². The number of nitrogens with two attached hydrogens (primary N) is 1. The predicted molar refractivity (Wildman–Crippen MR) is 47.7 cm³/mol. The fourth-order valence-electron chi connectivity index (χ4n) is 1.03. The molecule has 0 fully saturated rings. The number of nitrogens with zero attached hydrogens (tertiary/aromatic N) is 1. The van der Waals surface area contributed by atoms with Gasteiger partial charge in [0, 0.05) is 7.11 Å². The molecule has 1 rings (SSSR count). The number of aromatic nitrogens is 1. The van der Waals surface area contributed by atoms with E-state index < -0.39 is 0 Å². The molecule has 0 aromatic carbocycles. The van der Waals surface area contributed by atoms with Gasteiger partial charge in [-0.3, -0.25) is 4.98 Å². The molecule has 3 nitrogen and oxygen atoms in total. The Morgan fingerprint density at radius 2 is 2.31 bits per heavy atom. The topological polar surface area (TPSA) is 48.1 Å². The molecule has 1 atom stereocenters. The van der Waals surface area contributed by atoms with Crippen molar-refractivity contribution < 1.29 is 9.13 Å². The van der Waals surface area contributed by atoms with Crippen LogP contribution in [0.1, 0.15) is 17.4 Å². The van der Waals surface area contributed by atoms with Gasteiger partial charge in [-0.25, -0.2) is 4.39 Å². The van der Waals surface area contributed by atoms with Crippen LogP contribution in [-0.4, -0.2) is 18.7 Å². The molecule has 1 aromatic heterocycles. The number of ether oxygens (including phenoxy) is 1. The van der Waals surface area contributed by atoms with E-state index in [-0.39, 0.29) is 11.9 Å². The summed E-state index contributed by atoms with van der Waals surface area (Å²) in [5.74, 6) is -0.312. The van der Waals surface area contributed by atoms with Gasteiger partial charge in [0.1, 0.15) is 5.82 Å². The molecule has 0 bridgehead atoms. The summed E-state index contributed by atoms with van der Waals surface area (Å²) < 4.78 is 17.7. The first kappa shape index (κ1) is 10.1. The summed E-state index contributed by atoms with van der Waals surface area (Å²) in [6.07, 6.45) is 0. The van der Waals surface area contributed by atoms with Crippen molar-refractivity contribution in [3.8, 4) is 0 Å². The van der Waals surface area contributed by atoms with Gasteiger partial charge in [0.2, 0.25) is 0 Å². The Hall–Kier alpha value is -1.00. The van der Waals surface area contributed by atoms with Crippen molar-refractivity contribution in [3.05, 3.63) is 29.3 Å². The smallest absolute Gasteiger partial charge is 0.144 e. The minimum atomic E-state index is -0.312. The average molecular weight is 184 g/mol. The van der Waals surface area contributed by atoms with E-state index >= 15 is 0 Å². The van der Waals surface area contributed by atoms with Crippen LogP contribution in [0.2, 0.25) is 0 Å². The van der Waals surface area contributed by atoms with Gasteiger partial charge in [-0.05, 0) is 19.1 Å². The summed E-state index contributed by atoms with van der Waals surface area (Å²) in [4.78, 5) is 4.01. The first-order chi connectivity index (χ1) is 6.15. The standard InChI is InChI=1S/C9H13FN2O/c1-6-7(10)3-4-9(12-6)8(11)5-13-2/h3-4,8H,5,11H2,1-2H3/t8-/m1/s1. The molecule has 0 saturated carbocycles. The van der Waals surface area contributed by atoms with Crippen LogP contribution in [0, 0.1) is 12.7 Å². The number of pyridine rings is 1. The van der Waals surface area contributed by atoms with Crippen LogP contribution < -0.4 is 5.73 Å². The number of methoxy groups -OCH3 is 1. The normalized spacial score (nSPS) is 12.9. The van der Waals surface area contributed by atoms with E-state index in [4.69, 9.17) is 10.5 Å². The monoisotopic (exact) mass is 184 g/mol. The first-order valence-corrected chi connectivity index (χ1v) is 4.02. The van der Waals surface area contributed by atoms with E-state index in [0.29, 0.717) is 18.0 Å². The quantitative estimate of drug-likeness (QED) is 0.767. The molecular formula is C9H13FN2O. The Labute approximate surface area is 76.7 Å². The zero-order valence-electron chi connectivity index (χ0n) is 7.75. The predicted octanol–water partition coefficient (Wildman–Crippen LogP) is 1.18. The highest BCUT2D eigenvalue weighted by atomic mass is 19.1. The van der Waals surface area contributed by atoms with E-state index in [1.165, 1.54) is 6.07 Å². The summed E-state index contributed by atoms with van der Waals surface area (Å²) >= 11 is 0. The molecule has 1 aromatic rings. The van der Waals surface area contributed by atoms with E-state index in [1.54, 1.807) is 20.1 Å². The molecule has 0 saturated heterocycles. The molecule has 0 aliphatic heterocycles. The number of hydrogen-bond donors (Lipinski definition) is 1. The second kappa shape index (κ2) is 4.30. The Kier molecular flexibility index (Phi) is 3.33. The van der Waals surface area contributed by atoms with Gasteiger partial charge < -0.3 is 10.5 Å². The first-order valence-electron chi connectivity index (χ1n) is 4.02. The molecule has 72 valence electrons. The number of aryl methyl sites for hydroxylation is 1. The maximum Gasteiger partial charge on any atom is 0.144 e. The molecule has 0 spiro atoms. The van der Waals surface area contributed by atoms with E-state index in [0.717, 1.165) is 0 Å². The average Bonchev–Trinajstić information content (AvgIpc) is 2.10. The summed E-state index contributed by atoms with van der Waals surface area (Å²) in [5.41, 5.74) is 6.73. The van der Waals surface area contributed by atoms with Crippen LogP contribution >= 0.6 is 0 Å². The van der Waals surface area contributed by atoms with Gasteiger partial charge in [-0.2, -0.15) is 0 Å². The zero-order valence-corrected chi connectivity index (χ0v) is 7.75. The van der Waals surface area contributed by atoms with Crippen LogP contribution in [0.4, 0.5) is 4.39 Å². The van der Waals surface area contributed by atoms with Gasteiger partial charge in [0.25, 0.3) is 0 Å². The fraction of sp³-hybridized carbons (Fsp3) is 0.444. The third-order valence-electron chi connectivity index (χ3n) is 1.77. The van der Waals surface area contributed by atoms with Crippen LogP contribution in [0.15, 0.2) is 12.1 Å². The van der Waals surface area contributed by atoms with E-state index in [1.807, 2.05) is 0 Å². The molecule has 0 aliphatic carbocycles. The summed E-state index contributed by atoms with van der Waals surface area (Å²) in [6.45, 7) is 2.00. The molecule has 2 N–H and O–H groups in total. The maximum atomic E-state index is 12.8. The summed E-state index contributed by atoms with van der Waals surface area (Å²) in [6, 6.07) is 2.66. The zero-order chi connectivity index (χ0) is 9.84. The Balaban J connectivity index is 2.84. The highest BCUT2D eigenvalue weighted by molar-refractivity contribution is 5.14. The van der Waals surface area contributed by atoms with Crippen LogP contribution in [0.5, 0.6) is 0 Å². The van der Waals surface area contributed by atoms with Crippen molar-refractivity contribution in [3.63, 3.8) is 0 Å². The molecule has 13 heavy (non-hydrogen) atoms. The minimum absolute atomic E-state index is 0.288. The largest absolute Gasteiger partial charge is 0.383 e. The van der Waals surface area contributed by atoms with Crippen LogP contribution in [-0.2, 0) is 4.74 Å². The van der Waals surface area contributed by atoms with Gasteiger partial charge in [0.05, 0.1) is 24.0 Å². The van der Waals surface area contributed by atoms with Crippen LogP contribution in [0.25, 0.3) is 0 Å². The molecule has 1 heterocycles. The number of rotatable bonds is 3. The van der Waals surface area contributed by atoms with Crippen LogP contribution in [0.3, 0.4) is 0 Å². The van der Waals surface area contributed by atoms with Crippen molar-refractivity contribution in [2.24, 2.45) is 5.73 Å². The lowest BCUT2D eigenvalue weighted by molar-refractivity contribution is 0.179. The minimum Gasteiger partial charge on any atom is -0.383 e. The van der Waals surface area contributed by atoms with Gasteiger partial charge in [-0.1, -0.05) is 0 Å². The SMILES string of the molecule is COC[C@@H](N)c1ccc(F)c(C)n1. The van der Waals surface area contributed by atoms with Gasteiger partial charge in [-0.15, -0.1) is 0 Å². The maximum absolute atomic E-state index is 12.8. The lowest BCUT2D eigenvalue weighted by atomic mass is 10.2. The van der Waals surface area contributed by atoms with Gasteiger partial charge in [0.15, 0.2) is 0 Å². The lowest BCUT2D eigenvalue weighted by Crippen LogP contribution is -2.18. The third-order valence-corrected chi connectivity index (χ3v) is 1.77. The van der Waals surface area contributed by atoms with Crippen molar-refractivity contribution >= 4 is 0 Å². The molecule has 0 unspecified atom stereocenters. The molecule has 0 amide bonds. The second-order valence-corrected chi connectivity index (χ2v) is 2.87. The Morgan fingerprint density at radius 3 is 2.85 bits per heavy atom.